The van der Waals surface area contributed by atoms with Gasteiger partial charge >= 0.3 is 0 Å². The fourth-order valence-corrected chi connectivity index (χ4v) is 2.61. The van der Waals surface area contributed by atoms with Crippen molar-refractivity contribution in [1.82, 2.24) is 0 Å². The lowest BCUT2D eigenvalue weighted by Gasteiger charge is -2.03. The zero-order valence-electron chi connectivity index (χ0n) is 8.67. The van der Waals surface area contributed by atoms with E-state index in [-0.39, 0.29) is 10.6 Å². The van der Waals surface area contributed by atoms with Gasteiger partial charge in [-0.25, -0.2) is 0 Å². The number of benzene rings is 2. The van der Waals surface area contributed by atoms with E-state index >= 15 is 0 Å². The van der Waals surface area contributed by atoms with Gasteiger partial charge in [-0.1, -0.05) is 45.9 Å². The largest absolute Gasteiger partial charge is 0.284 e. The normalized spacial score (nSPS) is 10.2. The molecule has 0 saturated heterocycles. The molecule has 0 aliphatic carbocycles. The highest BCUT2D eigenvalue weighted by Crippen LogP contribution is 2.36. The summed E-state index contributed by atoms with van der Waals surface area (Å²) < 4.78 is 0.710. The van der Waals surface area contributed by atoms with Crippen LogP contribution in [-0.2, 0) is 0 Å². The van der Waals surface area contributed by atoms with Gasteiger partial charge in [-0.15, -0.1) is 0 Å². The highest BCUT2D eigenvalue weighted by Gasteiger charge is 2.14. The zero-order chi connectivity index (χ0) is 12.3. The van der Waals surface area contributed by atoms with Crippen LogP contribution in [-0.4, -0.2) is 4.92 Å². The topological polar surface area (TPSA) is 43.1 Å². The predicted octanol–water partition coefficient (Wildman–Crippen LogP) is 4.51. The van der Waals surface area contributed by atoms with Crippen molar-refractivity contribution in [2.45, 2.75) is 9.79 Å². The molecule has 0 N–H and O–H groups in total. The maximum atomic E-state index is 10.9. The van der Waals surface area contributed by atoms with Crippen LogP contribution in [0.5, 0.6) is 0 Å². The van der Waals surface area contributed by atoms with Crippen molar-refractivity contribution in [3.8, 4) is 0 Å². The number of hydrogen-bond donors (Lipinski definition) is 0. The van der Waals surface area contributed by atoms with E-state index in [1.165, 1.54) is 17.8 Å². The maximum Gasteiger partial charge on any atom is 0.284 e. The molecule has 86 valence electrons. The molecule has 0 aliphatic heterocycles. The molecule has 0 saturated carbocycles. The van der Waals surface area contributed by atoms with Crippen molar-refractivity contribution in [1.29, 1.82) is 0 Å². The quantitative estimate of drug-likeness (QED) is 0.619. The van der Waals surface area contributed by atoms with Crippen LogP contribution < -0.4 is 0 Å². The number of nitro groups is 1. The smallest absolute Gasteiger partial charge is 0.258 e. The Hall–Kier alpha value is -1.33. The van der Waals surface area contributed by atoms with Crippen LogP contribution in [0.1, 0.15) is 0 Å². The molecule has 0 fully saturated rings. The Bertz CT molecular complexity index is 545. The van der Waals surface area contributed by atoms with Crippen LogP contribution in [0, 0.1) is 10.1 Å². The number of nitrogens with zero attached hydrogens (tertiary/aromatic N) is 1. The van der Waals surface area contributed by atoms with Crippen LogP contribution in [0.3, 0.4) is 0 Å². The number of nitro benzene ring substituents is 1. The summed E-state index contributed by atoms with van der Waals surface area (Å²) in [6.07, 6.45) is 0. The number of rotatable bonds is 3. The molecule has 0 spiro atoms. The molecule has 0 bridgehead atoms. The van der Waals surface area contributed by atoms with Gasteiger partial charge in [0.25, 0.3) is 5.69 Å². The third-order valence-electron chi connectivity index (χ3n) is 2.09. The van der Waals surface area contributed by atoms with Gasteiger partial charge in [0.2, 0.25) is 0 Å². The zero-order valence-corrected chi connectivity index (χ0v) is 11.1. The summed E-state index contributed by atoms with van der Waals surface area (Å²) in [6, 6.07) is 14.7. The minimum absolute atomic E-state index is 0.119. The van der Waals surface area contributed by atoms with Crippen LogP contribution >= 0.6 is 27.7 Å². The van der Waals surface area contributed by atoms with Crippen molar-refractivity contribution in [2.24, 2.45) is 0 Å². The van der Waals surface area contributed by atoms with E-state index < -0.39 is 0 Å². The summed E-state index contributed by atoms with van der Waals surface area (Å²) in [5.41, 5.74) is 0.119. The lowest BCUT2D eigenvalue weighted by Crippen LogP contribution is -1.90. The minimum atomic E-state index is -0.365. The minimum Gasteiger partial charge on any atom is -0.258 e. The summed E-state index contributed by atoms with van der Waals surface area (Å²) in [5, 5.41) is 10.9. The molecule has 2 rings (SSSR count). The van der Waals surface area contributed by atoms with E-state index in [1.807, 2.05) is 30.3 Å². The molecule has 5 heteroatoms. The van der Waals surface area contributed by atoms with Gasteiger partial charge in [0.05, 0.1) is 9.82 Å². The summed E-state index contributed by atoms with van der Waals surface area (Å²) in [6.45, 7) is 0. The molecule has 0 atom stereocenters. The highest BCUT2D eigenvalue weighted by molar-refractivity contribution is 9.10. The summed E-state index contributed by atoms with van der Waals surface area (Å²) in [5.74, 6) is 0. The summed E-state index contributed by atoms with van der Waals surface area (Å²) >= 11 is 4.63. The van der Waals surface area contributed by atoms with E-state index in [0.29, 0.717) is 9.37 Å². The van der Waals surface area contributed by atoms with Crippen molar-refractivity contribution >= 4 is 33.4 Å². The first kappa shape index (κ1) is 12.1. The Kier molecular flexibility index (Phi) is 3.81. The Morgan fingerprint density at radius 3 is 2.47 bits per heavy atom. The third-order valence-corrected chi connectivity index (χ3v) is 3.65. The molecule has 2 aromatic carbocycles. The molecule has 0 amide bonds. The Balaban J connectivity index is 2.36. The maximum absolute atomic E-state index is 10.9. The van der Waals surface area contributed by atoms with Crippen molar-refractivity contribution in [3.05, 3.63) is 63.1 Å². The van der Waals surface area contributed by atoms with Crippen LogP contribution in [0.15, 0.2) is 62.8 Å². The summed E-state index contributed by atoms with van der Waals surface area (Å²) in [7, 11) is 0. The predicted molar refractivity (Wildman–Crippen MR) is 71.4 cm³/mol. The van der Waals surface area contributed by atoms with Crippen molar-refractivity contribution < 1.29 is 4.92 Å². The third kappa shape index (κ3) is 3.08. The Morgan fingerprint density at radius 2 is 1.82 bits per heavy atom. The number of hydrogen-bond acceptors (Lipinski definition) is 3. The molecule has 0 heterocycles. The van der Waals surface area contributed by atoms with E-state index in [2.05, 4.69) is 15.9 Å². The van der Waals surface area contributed by atoms with Gasteiger partial charge in [-0.2, -0.15) is 0 Å². The summed E-state index contributed by atoms with van der Waals surface area (Å²) in [4.78, 5) is 12.2. The first-order chi connectivity index (χ1) is 8.16. The first-order valence-electron chi connectivity index (χ1n) is 4.83. The number of halogens is 1. The van der Waals surface area contributed by atoms with Gasteiger partial charge in [0.15, 0.2) is 0 Å². The molecular weight excluding hydrogens is 302 g/mol. The van der Waals surface area contributed by atoms with Crippen LogP contribution in [0.25, 0.3) is 0 Å². The van der Waals surface area contributed by atoms with Crippen molar-refractivity contribution in [3.63, 3.8) is 0 Å². The highest BCUT2D eigenvalue weighted by atomic mass is 79.9. The Labute approximate surface area is 111 Å². The second-order valence-corrected chi connectivity index (χ2v) is 5.32. The molecule has 0 aliphatic rings. The van der Waals surface area contributed by atoms with Gasteiger partial charge in [-0.05, 0) is 24.3 Å². The molecule has 3 nitrogen and oxygen atoms in total. The molecule has 2 aromatic rings. The molecule has 0 radical (unpaired) electrons. The Morgan fingerprint density at radius 1 is 1.12 bits per heavy atom. The molecule has 17 heavy (non-hydrogen) atoms. The van der Waals surface area contributed by atoms with Crippen LogP contribution in [0.2, 0.25) is 0 Å². The van der Waals surface area contributed by atoms with Gasteiger partial charge < -0.3 is 0 Å². The van der Waals surface area contributed by atoms with E-state index in [1.54, 1.807) is 12.1 Å². The average Bonchev–Trinajstić information content (AvgIpc) is 2.32. The average molecular weight is 310 g/mol. The SMILES string of the molecule is O=[N+]([O-])c1cc(Br)ccc1Sc1ccccc1. The van der Waals surface area contributed by atoms with E-state index in [4.69, 9.17) is 0 Å². The van der Waals surface area contributed by atoms with Crippen LogP contribution in [0.4, 0.5) is 5.69 Å². The molecular formula is C12H8BrNO2S. The second kappa shape index (κ2) is 5.33. The first-order valence-corrected chi connectivity index (χ1v) is 6.44. The standard InChI is InChI=1S/C12H8BrNO2S/c13-9-6-7-12(11(8-9)14(15)16)17-10-4-2-1-3-5-10/h1-8H. The fourth-order valence-electron chi connectivity index (χ4n) is 1.34. The second-order valence-electron chi connectivity index (χ2n) is 3.28. The van der Waals surface area contributed by atoms with Crippen molar-refractivity contribution in [2.75, 3.05) is 0 Å². The lowest BCUT2D eigenvalue weighted by molar-refractivity contribution is -0.387. The fraction of sp³-hybridized carbons (Fsp3) is 0. The lowest BCUT2D eigenvalue weighted by atomic mass is 10.3. The molecule has 0 unspecified atom stereocenters. The van der Waals surface area contributed by atoms with E-state index in [0.717, 1.165) is 4.90 Å². The van der Waals surface area contributed by atoms with Gasteiger partial charge in [-0.3, -0.25) is 10.1 Å². The van der Waals surface area contributed by atoms with Gasteiger partial charge in [0, 0.05) is 15.4 Å². The molecule has 0 aromatic heterocycles. The van der Waals surface area contributed by atoms with E-state index in [9.17, 15) is 10.1 Å². The van der Waals surface area contributed by atoms with Gasteiger partial charge in [0.1, 0.15) is 0 Å². The monoisotopic (exact) mass is 309 g/mol.